The fourth-order valence-electron chi connectivity index (χ4n) is 2.97. The van der Waals surface area contributed by atoms with Gasteiger partial charge in [0.15, 0.2) is 0 Å². The Morgan fingerprint density at radius 1 is 1.14 bits per heavy atom. The van der Waals surface area contributed by atoms with E-state index in [0.29, 0.717) is 17.0 Å². The molecule has 0 heterocycles. The zero-order chi connectivity index (χ0) is 15.3. The quantitative estimate of drug-likeness (QED) is 0.839. The van der Waals surface area contributed by atoms with Gasteiger partial charge in [-0.2, -0.15) is 0 Å². The van der Waals surface area contributed by atoms with Crippen LogP contribution in [0, 0.1) is 0 Å². The number of hydrogen-bond donors (Lipinski definition) is 2. The van der Waals surface area contributed by atoms with Gasteiger partial charge >= 0.3 is 0 Å². The highest BCUT2D eigenvalue weighted by Gasteiger charge is 2.23. The summed E-state index contributed by atoms with van der Waals surface area (Å²) < 4.78 is 28.2. The van der Waals surface area contributed by atoms with Crippen molar-refractivity contribution in [3.63, 3.8) is 0 Å². The molecule has 118 valence electrons. The van der Waals surface area contributed by atoms with Crippen molar-refractivity contribution in [3.05, 3.63) is 23.8 Å². The van der Waals surface area contributed by atoms with Crippen LogP contribution in [-0.4, -0.2) is 14.5 Å². The van der Waals surface area contributed by atoms with Crippen molar-refractivity contribution in [3.8, 4) is 0 Å². The summed E-state index contributed by atoms with van der Waals surface area (Å²) in [4.78, 5) is 0.340. The van der Waals surface area contributed by atoms with Crippen LogP contribution >= 0.6 is 0 Å². The smallest absolute Gasteiger partial charge is 0.241 e. The van der Waals surface area contributed by atoms with Crippen molar-refractivity contribution >= 4 is 15.7 Å². The first-order valence-corrected chi connectivity index (χ1v) is 9.42. The molecule has 0 aromatic heterocycles. The first kappa shape index (κ1) is 16.3. The van der Waals surface area contributed by atoms with Crippen molar-refractivity contribution in [1.82, 2.24) is 4.72 Å². The van der Waals surface area contributed by atoms with Crippen LogP contribution in [0.15, 0.2) is 23.1 Å². The first-order valence-electron chi connectivity index (χ1n) is 7.93. The van der Waals surface area contributed by atoms with Gasteiger partial charge in [0.1, 0.15) is 0 Å². The van der Waals surface area contributed by atoms with Crippen LogP contribution < -0.4 is 10.5 Å². The van der Waals surface area contributed by atoms with Gasteiger partial charge in [-0.25, -0.2) is 13.1 Å². The highest BCUT2D eigenvalue weighted by Crippen LogP contribution is 2.23. The monoisotopic (exact) mass is 310 g/mol. The summed E-state index contributed by atoms with van der Waals surface area (Å²) in [5.74, 6) is 0. The van der Waals surface area contributed by atoms with E-state index >= 15 is 0 Å². The van der Waals surface area contributed by atoms with Crippen LogP contribution in [0.2, 0.25) is 0 Å². The van der Waals surface area contributed by atoms with Gasteiger partial charge < -0.3 is 5.73 Å². The second-order valence-corrected chi connectivity index (χ2v) is 7.57. The standard InChI is InChI=1S/C16H26N2O2S/c1-2-13-10-11-14(17)12-16(13)21(19,20)18-15-8-6-4-3-5-7-9-15/h10-12,15,18H,2-9,17H2,1H3. The molecule has 0 radical (unpaired) electrons. The molecule has 0 aliphatic heterocycles. The van der Waals surface area contributed by atoms with Crippen molar-refractivity contribution < 1.29 is 8.42 Å². The second-order valence-electron chi connectivity index (χ2n) is 5.88. The summed E-state index contributed by atoms with van der Waals surface area (Å²) in [5.41, 5.74) is 7.08. The maximum absolute atomic E-state index is 12.7. The zero-order valence-corrected chi connectivity index (χ0v) is 13.6. The second kappa shape index (κ2) is 7.27. The Hall–Kier alpha value is -1.07. The molecular weight excluding hydrogens is 284 g/mol. The summed E-state index contributed by atoms with van der Waals surface area (Å²) in [6.45, 7) is 1.96. The Morgan fingerprint density at radius 2 is 1.76 bits per heavy atom. The van der Waals surface area contributed by atoms with E-state index < -0.39 is 10.0 Å². The number of sulfonamides is 1. The molecule has 1 aromatic carbocycles. The summed E-state index contributed by atoms with van der Waals surface area (Å²) in [6, 6.07) is 5.20. The van der Waals surface area contributed by atoms with E-state index in [2.05, 4.69) is 4.72 Å². The Morgan fingerprint density at radius 3 is 2.38 bits per heavy atom. The molecule has 3 N–H and O–H groups in total. The van der Waals surface area contributed by atoms with E-state index in [0.717, 1.165) is 31.2 Å². The first-order chi connectivity index (χ1) is 10.0. The van der Waals surface area contributed by atoms with Gasteiger partial charge in [-0.1, -0.05) is 45.1 Å². The molecule has 0 amide bonds. The predicted molar refractivity (Wildman–Crippen MR) is 86.7 cm³/mol. The summed E-state index contributed by atoms with van der Waals surface area (Å²) in [5, 5.41) is 0. The molecule has 5 heteroatoms. The predicted octanol–water partition coefficient (Wildman–Crippen LogP) is 3.22. The summed E-state index contributed by atoms with van der Waals surface area (Å²) in [6.07, 6.45) is 8.44. The fourth-order valence-corrected chi connectivity index (χ4v) is 4.62. The Kier molecular flexibility index (Phi) is 5.65. The SMILES string of the molecule is CCc1ccc(N)cc1S(=O)(=O)NC1CCCCCCC1. The van der Waals surface area contributed by atoms with Gasteiger partial charge in [0.2, 0.25) is 10.0 Å². The lowest BCUT2D eigenvalue weighted by Crippen LogP contribution is -2.35. The molecule has 0 saturated heterocycles. The molecule has 1 saturated carbocycles. The van der Waals surface area contributed by atoms with Crippen molar-refractivity contribution in [1.29, 1.82) is 0 Å². The molecule has 21 heavy (non-hydrogen) atoms. The molecule has 1 aliphatic carbocycles. The van der Waals surface area contributed by atoms with Crippen LogP contribution in [-0.2, 0) is 16.4 Å². The lowest BCUT2D eigenvalue weighted by Gasteiger charge is -2.21. The Labute approximate surface area is 128 Å². The summed E-state index contributed by atoms with van der Waals surface area (Å²) in [7, 11) is -3.48. The Bertz CT molecular complexity index is 562. The molecule has 0 spiro atoms. The number of nitrogens with one attached hydrogen (secondary N) is 1. The minimum Gasteiger partial charge on any atom is -0.399 e. The number of nitrogen functional groups attached to an aromatic ring is 1. The van der Waals surface area contributed by atoms with Gasteiger partial charge in [0.05, 0.1) is 4.90 Å². The minimum absolute atomic E-state index is 0.0569. The van der Waals surface area contributed by atoms with Crippen molar-refractivity contribution in [2.75, 3.05) is 5.73 Å². The van der Waals surface area contributed by atoms with E-state index in [9.17, 15) is 8.42 Å². The number of nitrogens with two attached hydrogens (primary N) is 1. The molecule has 1 aliphatic rings. The topological polar surface area (TPSA) is 72.2 Å². The number of rotatable bonds is 4. The number of hydrogen-bond acceptors (Lipinski definition) is 3. The number of anilines is 1. The molecule has 2 rings (SSSR count). The number of aryl methyl sites for hydroxylation is 1. The molecule has 0 bridgehead atoms. The molecule has 4 nitrogen and oxygen atoms in total. The Balaban J connectivity index is 2.19. The van der Waals surface area contributed by atoms with Crippen LogP contribution in [0.3, 0.4) is 0 Å². The number of benzene rings is 1. The average molecular weight is 310 g/mol. The zero-order valence-electron chi connectivity index (χ0n) is 12.8. The van der Waals surface area contributed by atoms with Gasteiger partial charge in [-0.15, -0.1) is 0 Å². The molecule has 0 atom stereocenters. The molecular formula is C16H26N2O2S. The van der Waals surface area contributed by atoms with Crippen LogP contribution in [0.25, 0.3) is 0 Å². The van der Waals surface area contributed by atoms with Crippen LogP contribution in [0.4, 0.5) is 5.69 Å². The van der Waals surface area contributed by atoms with E-state index in [1.165, 1.54) is 19.3 Å². The van der Waals surface area contributed by atoms with Gasteiger partial charge in [-0.3, -0.25) is 0 Å². The minimum atomic E-state index is -3.48. The van der Waals surface area contributed by atoms with Gasteiger partial charge in [0.25, 0.3) is 0 Å². The van der Waals surface area contributed by atoms with Crippen molar-refractivity contribution in [2.24, 2.45) is 0 Å². The highest BCUT2D eigenvalue weighted by molar-refractivity contribution is 7.89. The van der Waals surface area contributed by atoms with Crippen LogP contribution in [0.1, 0.15) is 57.4 Å². The lowest BCUT2D eigenvalue weighted by molar-refractivity contribution is 0.426. The maximum atomic E-state index is 12.7. The summed E-state index contributed by atoms with van der Waals surface area (Å²) >= 11 is 0. The van der Waals surface area contributed by atoms with E-state index in [4.69, 9.17) is 5.73 Å². The van der Waals surface area contributed by atoms with E-state index in [1.54, 1.807) is 12.1 Å². The molecule has 1 aromatic rings. The lowest BCUT2D eigenvalue weighted by atomic mass is 9.97. The van der Waals surface area contributed by atoms with Crippen molar-refractivity contribution in [2.45, 2.75) is 69.2 Å². The highest BCUT2D eigenvalue weighted by atomic mass is 32.2. The maximum Gasteiger partial charge on any atom is 0.241 e. The van der Waals surface area contributed by atoms with Gasteiger partial charge in [-0.05, 0) is 37.0 Å². The van der Waals surface area contributed by atoms with Crippen LogP contribution in [0.5, 0.6) is 0 Å². The fraction of sp³-hybridized carbons (Fsp3) is 0.625. The third kappa shape index (κ3) is 4.45. The third-order valence-corrected chi connectivity index (χ3v) is 5.79. The molecule has 0 unspecified atom stereocenters. The van der Waals surface area contributed by atoms with E-state index in [-0.39, 0.29) is 6.04 Å². The normalized spacial score (nSPS) is 18.1. The largest absolute Gasteiger partial charge is 0.399 e. The third-order valence-electron chi connectivity index (χ3n) is 4.19. The average Bonchev–Trinajstić information content (AvgIpc) is 2.41. The van der Waals surface area contributed by atoms with E-state index in [1.807, 2.05) is 13.0 Å². The molecule has 1 fully saturated rings. The van der Waals surface area contributed by atoms with Gasteiger partial charge in [0, 0.05) is 11.7 Å².